The maximum atomic E-state index is 13.6. The first-order chi connectivity index (χ1) is 13.2. The highest BCUT2D eigenvalue weighted by Crippen LogP contribution is 2.48. The first-order valence-electron chi connectivity index (χ1n) is 8.33. The predicted octanol–water partition coefficient (Wildman–Crippen LogP) is 5.04. The highest BCUT2D eigenvalue weighted by molar-refractivity contribution is 7.92. The lowest BCUT2D eigenvalue weighted by Gasteiger charge is -2.31. The summed E-state index contributed by atoms with van der Waals surface area (Å²) in [7, 11) is 0. The number of rotatable bonds is 13. The van der Waals surface area contributed by atoms with Gasteiger partial charge in [0.2, 0.25) is 0 Å². The van der Waals surface area contributed by atoms with Crippen molar-refractivity contribution < 1.29 is 62.7 Å². The van der Waals surface area contributed by atoms with Crippen LogP contribution in [0.2, 0.25) is 0 Å². The van der Waals surface area contributed by atoms with Crippen LogP contribution in [0, 0.1) is 0 Å². The topological polar surface area (TPSA) is 50.8 Å². The third-order valence-electron chi connectivity index (χ3n) is 3.46. The van der Waals surface area contributed by atoms with Crippen LogP contribution in [0.4, 0.5) is 43.9 Å². The van der Waals surface area contributed by atoms with Crippen molar-refractivity contribution in [3.05, 3.63) is 0 Å². The third-order valence-corrected chi connectivity index (χ3v) is 4.79. The maximum absolute atomic E-state index is 13.6. The van der Waals surface area contributed by atoms with E-state index in [9.17, 15) is 48.5 Å². The van der Waals surface area contributed by atoms with Crippen molar-refractivity contribution in [2.24, 2.45) is 0 Å². The van der Waals surface area contributed by atoms with E-state index in [1.54, 1.807) is 13.8 Å². The zero-order chi connectivity index (χ0) is 24.2. The summed E-state index contributed by atoms with van der Waals surface area (Å²) in [5, 5.41) is -5.32. The quantitative estimate of drug-likeness (QED) is 0.269. The van der Waals surface area contributed by atoms with Gasteiger partial charge in [0, 0.05) is 17.8 Å². The minimum atomic E-state index is -6.97. The molecule has 182 valence electrons. The van der Waals surface area contributed by atoms with E-state index in [0.717, 1.165) is 0 Å². The largest absolute Gasteiger partial charge is 0.611 e. The van der Waals surface area contributed by atoms with Crippen LogP contribution < -0.4 is 0 Å². The van der Waals surface area contributed by atoms with Gasteiger partial charge in [-0.15, -0.1) is 8.78 Å². The molecule has 0 aliphatic heterocycles. The molecule has 0 N–H and O–H groups in total. The Balaban J connectivity index is 4.87. The lowest BCUT2D eigenvalue weighted by atomic mass is 10.1. The molecule has 0 aromatic carbocycles. The van der Waals surface area contributed by atoms with Crippen LogP contribution in [0.3, 0.4) is 0 Å². The highest BCUT2D eigenvalue weighted by Gasteiger charge is 2.76. The van der Waals surface area contributed by atoms with Crippen molar-refractivity contribution in [1.29, 1.82) is 0 Å². The normalized spacial score (nSPS) is 16.8. The van der Waals surface area contributed by atoms with Gasteiger partial charge in [-0.1, -0.05) is 0 Å². The van der Waals surface area contributed by atoms with Gasteiger partial charge in [0.25, 0.3) is 0 Å². The zero-order valence-corrected chi connectivity index (χ0v) is 17.1. The van der Waals surface area contributed by atoms with Gasteiger partial charge in [-0.3, -0.25) is 4.74 Å². The van der Waals surface area contributed by atoms with Crippen LogP contribution in [-0.4, -0.2) is 65.0 Å². The summed E-state index contributed by atoms with van der Waals surface area (Å²) in [6.07, 6.45) is -18.1. The van der Waals surface area contributed by atoms with Gasteiger partial charge < -0.3 is 14.0 Å². The molecule has 4 nitrogen and oxygen atoms in total. The Morgan fingerprint density at radius 1 is 0.900 bits per heavy atom. The number of halogens is 10. The van der Waals surface area contributed by atoms with Crippen LogP contribution >= 0.6 is 0 Å². The Morgan fingerprint density at radius 3 is 1.83 bits per heavy atom. The molecule has 0 saturated heterocycles. The van der Waals surface area contributed by atoms with Gasteiger partial charge >= 0.3 is 29.8 Å². The zero-order valence-electron chi connectivity index (χ0n) is 16.3. The van der Waals surface area contributed by atoms with Crippen molar-refractivity contribution in [1.82, 2.24) is 0 Å². The van der Waals surface area contributed by atoms with Crippen molar-refractivity contribution in [2.75, 3.05) is 19.0 Å². The molecule has 0 bridgehead atoms. The average Bonchev–Trinajstić information content (AvgIpc) is 2.52. The summed E-state index contributed by atoms with van der Waals surface area (Å²) in [4.78, 5) is 0. The van der Waals surface area contributed by atoms with E-state index in [-0.39, 0.29) is 19.1 Å². The summed E-state index contributed by atoms with van der Waals surface area (Å²) in [5.74, 6) is -8.11. The Bertz CT molecular complexity index is 528. The number of hydrogen-bond donors (Lipinski definition) is 0. The molecular weight excluding hydrogens is 466 g/mol. The minimum absolute atomic E-state index is 0.101. The lowest BCUT2D eigenvalue weighted by Crippen LogP contribution is -2.56. The van der Waals surface area contributed by atoms with Crippen LogP contribution in [0.15, 0.2) is 0 Å². The van der Waals surface area contributed by atoms with Gasteiger partial charge in [0.15, 0.2) is 0 Å². The molecule has 15 heteroatoms. The van der Waals surface area contributed by atoms with E-state index < -0.39 is 59.0 Å². The Kier molecular flexibility index (Phi) is 10.2. The fraction of sp³-hybridized carbons (Fsp3) is 1.00. The molecule has 30 heavy (non-hydrogen) atoms. The minimum Gasteiger partial charge on any atom is -0.611 e. The van der Waals surface area contributed by atoms with E-state index in [0.29, 0.717) is 0 Å². The molecule has 2 atom stereocenters. The molecule has 0 amide bonds. The van der Waals surface area contributed by atoms with E-state index in [4.69, 9.17) is 9.47 Å². The van der Waals surface area contributed by atoms with Gasteiger partial charge in [-0.25, -0.2) is 4.39 Å². The molecule has 0 radical (unpaired) electrons. The first kappa shape index (κ1) is 29.5. The van der Waals surface area contributed by atoms with Crippen molar-refractivity contribution in [2.45, 2.75) is 75.6 Å². The second kappa shape index (κ2) is 10.4. The Labute approximate surface area is 169 Å². The molecule has 0 rings (SSSR count). The summed E-state index contributed by atoms with van der Waals surface area (Å²) >= 11 is -3.64. The van der Waals surface area contributed by atoms with Gasteiger partial charge in [0.05, 0.1) is 18.3 Å². The number of ether oxygens (including phenoxy) is 3. The van der Waals surface area contributed by atoms with E-state index in [1.807, 2.05) is 0 Å². The van der Waals surface area contributed by atoms with Gasteiger partial charge in [-0.05, 0) is 34.1 Å². The van der Waals surface area contributed by atoms with E-state index >= 15 is 0 Å². The number of alkyl halides is 10. The standard InChI is InChI=1S/C15H22F10O4S/c1-9(2)27-6-5-11(3,4)28-7-8-30(26)12(17,18)10(16)29-15(24,25)13(19,20)14(21,22)23/h9-10H,5-8H2,1-4H3. The van der Waals surface area contributed by atoms with Gasteiger partial charge in [0.1, 0.15) is 5.75 Å². The van der Waals surface area contributed by atoms with Gasteiger partial charge in [-0.2, -0.15) is 30.7 Å². The molecule has 0 aromatic heterocycles. The maximum Gasteiger partial charge on any atom is 0.463 e. The van der Waals surface area contributed by atoms with Crippen molar-refractivity contribution >= 4 is 11.2 Å². The molecule has 0 aliphatic carbocycles. The van der Waals surface area contributed by atoms with Crippen LogP contribution in [0.1, 0.15) is 34.1 Å². The number of hydrogen-bond acceptors (Lipinski definition) is 4. The fourth-order valence-electron chi connectivity index (χ4n) is 1.68. The molecule has 0 saturated carbocycles. The second-order valence-corrected chi connectivity index (χ2v) is 8.56. The van der Waals surface area contributed by atoms with Crippen molar-refractivity contribution in [3.8, 4) is 0 Å². The smallest absolute Gasteiger partial charge is 0.463 e. The molecule has 2 unspecified atom stereocenters. The van der Waals surface area contributed by atoms with Crippen LogP contribution in [0.25, 0.3) is 0 Å². The summed E-state index contributed by atoms with van der Waals surface area (Å²) in [5.41, 5.74) is -0.970. The monoisotopic (exact) mass is 488 g/mol. The first-order valence-corrected chi connectivity index (χ1v) is 9.65. The SMILES string of the molecule is CC(C)OCCC(C)(C)OCC[S+]([O-])C(F)(F)C(F)OC(F)(F)C(F)(F)C(F)(F)F. The van der Waals surface area contributed by atoms with Crippen molar-refractivity contribution in [3.63, 3.8) is 0 Å². The third kappa shape index (κ3) is 8.20. The van der Waals surface area contributed by atoms with E-state index in [1.165, 1.54) is 13.8 Å². The Morgan fingerprint density at radius 2 is 1.40 bits per heavy atom. The Hall–Kier alpha value is -0.510. The summed E-state index contributed by atoms with van der Waals surface area (Å²) < 4.78 is 152. The molecular formula is C15H22F10O4S. The molecule has 0 heterocycles. The van der Waals surface area contributed by atoms with E-state index in [2.05, 4.69) is 4.74 Å². The lowest BCUT2D eigenvalue weighted by molar-refractivity contribution is -0.446. The molecule has 0 fully saturated rings. The summed E-state index contributed by atoms with van der Waals surface area (Å²) in [6, 6.07) is 0. The fourth-order valence-corrected chi connectivity index (χ4v) is 2.44. The highest BCUT2D eigenvalue weighted by atomic mass is 32.2. The molecule has 0 spiro atoms. The molecule has 0 aromatic rings. The second-order valence-electron chi connectivity index (χ2n) is 6.91. The van der Waals surface area contributed by atoms with Crippen LogP contribution in [0.5, 0.6) is 0 Å². The predicted molar refractivity (Wildman–Crippen MR) is 85.6 cm³/mol. The average molecular weight is 488 g/mol. The summed E-state index contributed by atoms with van der Waals surface area (Å²) in [6.45, 7) is 6.05. The molecule has 0 aliphatic rings. The van der Waals surface area contributed by atoms with Crippen LogP contribution in [-0.2, 0) is 25.4 Å².